The van der Waals surface area contributed by atoms with Crippen LogP contribution in [0.2, 0.25) is 0 Å². The second kappa shape index (κ2) is 15.5. The van der Waals surface area contributed by atoms with E-state index in [4.69, 9.17) is 9.72 Å². The Kier molecular flexibility index (Phi) is 10.3. The van der Waals surface area contributed by atoms with E-state index in [1.165, 1.54) is 12.1 Å². The van der Waals surface area contributed by atoms with Crippen LogP contribution in [0.25, 0.3) is 22.3 Å². The number of carbonyl (C=O) groups excluding carboxylic acids is 4. The Bertz CT molecular complexity index is 2400. The number of imidazole rings is 1. The maximum absolute atomic E-state index is 15.0. The van der Waals surface area contributed by atoms with E-state index in [1.54, 1.807) is 40.0 Å². The molecule has 2 aromatic carbocycles. The number of imide groups is 1. The summed E-state index contributed by atoms with van der Waals surface area (Å²) in [6, 6.07) is 11.3. The molecule has 3 aliphatic heterocycles. The van der Waals surface area contributed by atoms with Gasteiger partial charge in [-0.25, -0.2) is 18.4 Å². The molecule has 6 heterocycles. The van der Waals surface area contributed by atoms with Crippen LogP contribution in [0, 0.1) is 24.5 Å². The molecule has 2 bridgehead atoms. The Hall–Kier alpha value is -6.03. The number of ether oxygens (including phenoxy) is 1. The molecule has 14 nitrogen and oxygen atoms in total. The fraction of sp³-hybridized carbons (Fsp3) is 0.390. The lowest BCUT2D eigenvalue weighted by Gasteiger charge is -2.40. The summed E-state index contributed by atoms with van der Waals surface area (Å²) in [4.78, 5) is 62.3. The van der Waals surface area contributed by atoms with Gasteiger partial charge in [-0.2, -0.15) is 5.10 Å². The third-order valence-corrected chi connectivity index (χ3v) is 10.9. The fourth-order valence-corrected chi connectivity index (χ4v) is 7.88. The van der Waals surface area contributed by atoms with Crippen LogP contribution in [-0.4, -0.2) is 85.1 Å². The van der Waals surface area contributed by atoms with Gasteiger partial charge in [0, 0.05) is 61.5 Å². The van der Waals surface area contributed by atoms with Gasteiger partial charge in [0.05, 0.1) is 41.0 Å². The summed E-state index contributed by atoms with van der Waals surface area (Å²) in [5.41, 5.74) is 4.35. The van der Waals surface area contributed by atoms with Crippen molar-refractivity contribution >= 4 is 40.6 Å². The van der Waals surface area contributed by atoms with Gasteiger partial charge in [0.25, 0.3) is 11.8 Å². The number of pyridine rings is 1. The predicted octanol–water partition coefficient (Wildman–Crippen LogP) is 4.66. The van der Waals surface area contributed by atoms with Crippen molar-refractivity contribution in [2.45, 2.75) is 64.5 Å². The van der Waals surface area contributed by atoms with Crippen LogP contribution in [0.3, 0.4) is 0 Å². The molecule has 57 heavy (non-hydrogen) atoms. The number of likely N-dealkylation sites (tertiary alicyclic amines) is 1. The zero-order valence-electron chi connectivity index (χ0n) is 31.9. The normalized spacial score (nSPS) is 19.1. The number of halogens is 2. The van der Waals surface area contributed by atoms with Crippen LogP contribution < -0.4 is 20.7 Å². The van der Waals surface area contributed by atoms with Crippen LogP contribution >= 0.6 is 0 Å². The number of rotatable bonds is 6. The van der Waals surface area contributed by atoms with E-state index >= 15 is 0 Å². The average Bonchev–Trinajstić information content (AvgIpc) is 3.68. The zero-order chi connectivity index (χ0) is 40.0. The van der Waals surface area contributed by atoms with Crippen LogP contribution in [0.5, 0.6) is 5.88 Å². The van der Waals surface area contributed by atoms with Crippen LogP contribution in [-0.2, 0) is 29.6 Å². The van der Waals surface area contributed by atoms with E-state index < -0.39 is 29.4 Å². The van der Waals surface area contributed by atoms with Crippen LogP contribution in [0.1, 0.15) is 76.1 Å². The van der Waals surface area contributed by atoms with Crippen molar-refractivity contribution in [3.8, 4) is 17.1 Å². The Morgan fingerprint density at radius 3 is 2.56 bits per heavy atom. The van der Waals surface area contributed by atoms with Gasteiger partial charge in [-0.15, -0.1) is 0 Å². The first-order valence-electron chi connectivity index (χ1n) is 19.2. The summed E-state index contributed by atoms with van der Waals surface area (Å²) < 4.78 is 39.8. The van der Waals surface area contributed by atoms with E-state index in [1.807, 2.05) is 24.6 Å². The summed E-state index contributed by atoms with van der Waals surface area (Å²) in [5.74, 6) is -3.13. The maximum atomic E-state index is 15.0. The Morgan fingerprint density at radius 2 is 1.79 bits per heavy atom. The lowest BCUT2D eigenvalue weighted by Crippen LogP contribution is -2.60. The van der Waals surface area contributed by atoms with Crippen LogP contribution in [0.4, 0.5) is 14.7 Å². The predicted molar refractivity (Wildman–Crippen MR) is 206 cm³/mol. The van der Waals surface area contributed by atoms with Crippen LogP contribution in [0.15, 0.2) is 48.7 Å². The van der Waals surface area contributed by atoms with Gasteiger partial charge in [0.2, 0.25) is 23.6 Å². The molecule has 2 atom stereocenters. The summed E-state index contributed by atoms with van der Waals surface area (Å²) in [6.07, 6.45) is 3.74. The Morgan fingerprint density at radius 1 is 1.00 bits per heavy atom. The summed E-state index contributed by atoms with van der Waals surface area (Å²) in [5, 5.41) is 12.9. The molecule has 2 saturated heterocycles. The van der Waals surface area contributed by atoms with Crippen molar-refractivity contribution in [3.05, 3.63) is 88.2 Å². The number of anilines is 1. The highest BCUT2D eigenvalue weighted by molar-refractivity contribution is 6.05. The highest BCUT2D eigenvalue weighted by Crippen LogP contribution is 2.32. The number of aromatic nitrogens is 5. The van der Waals surface area contributed by atoms with Crippen molar-refractivity contribution < 1.29 is 32.7 Å². The van der Waals surface area contributed by atoms with Gasteiger partial charge in [-0.3, -0.25) is 34.8 Å². The molecule has 0 unspecified atom stereocenters. The number of hydrogen-bond donors (Lipinski definition) is 3. The molecule has 3 aromatic heterocycles. The zero-order valence-corrected chi connectivity index (χ0v) is 31.9. The lowest BCUT2D eigenvalue weighted by atomic mass is 9.89. The number of carbonyl (C=O) groups is 4. The molecule has 16 heteroatoms. The Labute approximate surface area is 327 Å². The van der Waals surface area contributed by atoms with E-state index in [0.717, 1.165) is 18.4 Å². The largest absolute Gasteiger partial charge is 0.477 e. The number of benzene rings is 2. The van der Waals surface area contributed by atoms with Gasteiger partial charge < -0.3 is 19.5 Å². The van der Waals surface area contributed by atoms with Crippen molar-refractivity contribution in [2.24, 2.45) is 13.0 Å². The van der Waals surface area contributed by atoms with Gasteiger partial charge in [0.15, 0.2) is 0 Å². The molecular weight excluding hydrogens is 737 g/mol. The monoisotopic (exact) mass is 779 g/mol. The minimum Gasteiger partial charge on any atom is -0.477 e. The molecule has 8 rings (SSSR count). The molecule has 3 aliphatic rings. The molecule has 0 spiro atoms. The number of hydrogen-bond acceptors (Lipinski definition) is 9. The first-order chi connectivity index (χ1) is 27.4. The van der Waals surface area contributed by atoms with E-state index in [9.17, 15) is 28.0 Å². The molecular formula is C41H43F2N9O5. The molecule has 296 valence electrons. The quantitative estimate of drug-likeness (QED) is 0.208. The Balaban J connectivity index is 0.937. The molecule has 0 aliphatic carbocycles. The molecule has 0 saturated carbocycles. The standard InChI is InChI=1S/C41H43F2N9O5/c1-22-5-4-12-57-40-29(18-45-50(40)3)33-16-26(13-23(2)46-33)37(54)49-41-47-32-8-6-25(17-34(32)52(41)19-22)39(56)51-20-27(21-51)44-11-10-24-14-30(42)36(31(43)15-24)28-7-9-35(53)48-38(28)55/h6,8,13-18,22,27-28,44H,4-5,7,9-12,19-21H2,1-3H3,(H,47,49,54)(H,48,53,55)/t22-,28-/m1/s1. The smallest absolute Gasteiger partial charge is 0.258 e. The highest BCUT2D eigenvalue weighted by Gasteiger charge is 2.34. The second-order valence-corrected chi connectivity index (χ2v) is 15.3. The maximum Gasteiger partial charge on any atom is 0.258 e. The average molecular weight is 780 g/mol. The first-order valence-corrected chi connectivity index (χ1v) is 19.2. The number of nitrogens with one attached hydrogen (secondary N) is 3. The van der Waals surface area contributed by atoms with Crippen molar-refractivity contribution in [3.63, 3.8) is 0 Å². The number of amides is 4. The van der Waals surface area contributed by atoms with E-state index in [0.29, 0.717) is 90.2 Å². The van der Waals surface area contributed by atoms with Gasteiger partial charge in [-0.05, 0) is 93.1 Å². The highest BCUT2D eigenvalue weighted by atomic mass is 19.1. The number of piperidine rings is 1. The third-order valence-electron chi connectivity index (χ3n) is 10.9. The van der Waals surface area contributed by atoms with Gasteiger partial charge in [-0.1, -0.05) is 6.92 Å². The van der Waals surface area contributed by atoms with Crippen molar-refractivity contribution in [1.82, 2.24) is 39.8 Å². The molecule has 3 N–H and O–H groups in total. The minimum atomic E-state index is -1.04. The SMILES string of the molecule is Cc1cc2cc(n1)-c1cnn(C)c1OCCC[C@@H](C)Cn1c(nc3ccc(C(=O)N4CC(NCCc5cc(F)c([C@H]6CCC(=O)NC6=O)c(F)c5)C4)cc31)NC2=O. The van der Waals surface area contributed by atoms with Crippen molar-refractivity contribution in [1.29, 1.82) is 0 Å². The molecule has 2 fully saturated rings. The number of nitrogens with zero attached hydrogens (tertiary/aromatic N) is 6. The summed E-state index contributed by atoms with van der Waals surface area (Å²) in [6.45, 7) is 6.33. The molecule has 5 aromatic rings. The summed E-state index contributed by atoms with van der Waals surface area (Å²) >= 11 is 0. The van der Waals surface area contributed by atoms with Crippen molar-refractivity contribution in [2.75, 3.05) is 31.6 Å². The van der Waals surface area contributed by atoms with E-state index in [2.05, 4.69) is 33.0 Å². The summed E-state index contributed by atoms with van der Waals surface area (Å²) in [7, 11) is 1.81. The third kappa shape index (κ3) is 7.73. The molecule has 4 amide bonds. The molecule has 0 radical (unpaired) electrons. The number of fused-ring (bicyclic) bond motifs is 7. The first kappa shape index (κ1) is 37.9. The number of aryl methyl sites for hydroxylation is 2. The lowest BCUT2D eigenvalue weighted by molar-refractivity contribution is -0.134. The van der Waals surface area contributed by atoms with Gasteiger partial charge in [0.1, 0.15) is 11.6 Å². The second-order valence-electron chi connectivity index (χ2n) is 15.3. The van der Waals surface area contributed by atoms with Gasteiger partial charge >= 0.3 is 0 Å². The minimum absolute atomic E-state index is 0.00438. The topological polar surface area (TPSA) is 165 Å². The van der Waals surface area contributed by atoms with E-state index in [-0.39, 0.29) is 42.2 Å². The fourth-order valence-electron chi connectivity index (χ4n) is 7.88.